The summed E-state index contributed by atoms with van der Waals surface area (Å²) in [5, 5.41) is 0. The fourth-order valence-corrected chi connectivity index (χ4v) is 4.85. The van der Waals surface area contributed by atoms with Crippen LogP contribution >= 0.6 is 0 Å². The number of hydrogen-bond donors (Lipinski definition) is 0. The van der Waals surface area contributed by atoms with E-state index in [0.29, 0.717) is 16.4 Å². The number of fused-ring (bicyclic) bond motifs is 1. The molecule has 31 heavy (non-hydrogen) atoms. The Morgan fingerprint density at radius 2 is 1.65 bits per heavy atom. The van der Waals surface area contributed by atoms with Gasteiger partial charge < -0.3 is 0 Å². The molecular weight excluding hydrogens is 431 g/mol. The second-order valence-electron chi connectivity index (χ2n) is 7.08. The number of carbonyl (C=O) groups excluding carboxylic acids is 1. The first kappa shape index (κ1) is 20.9. The van der Waals surface area contributed by atoms with Crippen molar-refractivity contribution in [3.05, 3.63) is 82.8 Å². The van der Waals surface area contributed by atoms with Gasteiger partial charge in [0.05, 0.1) is 12.2 Å². The highest BCUT2D eigenvalue weighted by Gasteiger charge is 2.44. The lowest BCUT2D eigenvalue weighted by molar-refractivity contribution is 0.253. The van der Waals surface area contributed by atoms with Crippen LogP contribution in [-0.4, -0.2) is 19.4 Å². The minimum Gasteiger partial charge on any atom is -0.271 e. The number of anilines is 2. The molecule has 0 unspecified atom stereocenters. The van der Waals surface area contributed by atoms with Gasteiger partial charge in [-0.05, 0) is 49.2 Å². The van der Waals surface area contributed by atoms with E-state index in [0.717, 1.165) is 16.0 Å². The number of pyridine rings is 1. The van der Waals surface area contributed by atoms with Gasteiger partial charge >= 0.3 is 6.03 Å². The van der Waals surface area contributed by atoms with Crippen LogP contribution in [0.25, 0.3) is 0 Å². The van der Waals surface area contributed by atoms with Gasteiger partial charge in [-0.15, -0.1) is 0 Å². The van der Waals surface area contributed by atoms with E-state index in [1.165, 1.54) is 30.5 Å². The van der Waals surface area contributed by atoms with E-state index >= 15 is 0 Å². The van der Waals surface area contributed by atoms with E-state index in [2.05, 4.69) is 4.98 Å². The highest BCUT2D eigenvalue weighted by Crippen LogP contribution is 2.37. The van der Waals surface area contributed by atoms with Crippen molar-refractivity contribution in [3.63, 3.8) is 0 Å². The predicted octanol–water partition coefficient (Wildman–Crippen LogP) is 4.45. The molecule has 0 aliphatic carbocycles. The molecule has 4 rings (SSSR count). The molecule has 2 aromatic carbocycles. The maximum atomic E-state index is 14.3. The number of urea groups is 1. The molecule has 2 heterocycles. The van der Waals surface area contributed by atoms with Gasteiger partial charge in [0, 0.05) is 23.9 Å². The maximum absolute atomic E-state index is 14.3. The number of nitrogens with zero attached hydrogens (tertiary/aromatic N) is 3. The van der Waals surface area contributed by atoms with E-state index < -0.39 is 45.6 Å². The third-order valence-electron chi connectivity index (χ3n) is 5.08. The van der Waals surface area contributed by atoms with E-state index in [4.69, 9.17) is 0 Å². The van der Waals surface area contributed by atoms with E-state index in [1.807, 2.05) is 6.92 Å². The molecule has 0 radical (unpaired) electrons. The summed E-state index contributed by atoms with van der Waals surface area (Å²) in [5.74, 6) is -3.78. The van der Waals surface area contributed by atoms with Crippen molar-refractivity contribution in [1.29, 1.82) is 0 Å². The SMILES string of the molecule is Cc1ccc(N2C(=O)N(Cc3c(F)cc(F)cc3F)c3ncccc3S2(=O)=O)cc1C. The molecule has 10 heteroatoms. The van der Waals surface area contributed by atoms with Gasteiger partial charge in [-0.1, -0.05) is 6.07 Å². The Kier molecular flexibility index (Phi) is 4.97. The second kappa shape index (κ2) is 7.38. The van der Waals surface area contributed by atoms with Gasteiger partial charge in [-0.2, -0.15) is 4.31 Å². The monoisotopic (exact) mass is 447 g/mol. The first-order chi connectivity index (χ1) is 14.6. The third-order valence-corrected chi connectivity index (χ3v) is 6.80. The summed E-state index contributed by atoms with van der Waals surface area (Å²) in [6.07, 6.45) is 1.26. The zero-order chi connectivity index (χ0) is 22.5. The van der Waals surface area contributed by atoms with Gasteiger partial charge in [-0.25, -0.2) is 31.4 Å². The van der Waals surface area contributed by atoms with Crippen molar-refractivity contribution in [2.24, 2.45) is 0 Å². The van der Waals surface area contributed by atoms with E-state index in [-0.39, 0.29) is 16.4 Å². The lowest BCUT2D eigenvalue weighted by atomic mass is 10.1. The average molecular weight is 447 g/mol. The summed E-state index contributed by atoms with van der Waals surface area (Å²) < 4.78 is 68.9. The Morgan fingerprint density at radius 1 is 0.968 bits per heavy atom. The fraction of sp³-hybridized carbons (Fsp3) is 0.143. The Bertz CT molecular complexity index is 1310. The summed E-state index contributed by atoms with van der Waals surface area (Å²) in [7, 11) is -4.33. The minimum atomic E-state index is -4.33. The van der Waals surface area contributed by atoms with E-state index in [1.54, 1.807) is 13.0 Å². The van der Waals surface area contributed by atoms with Crippen molar-refractivity contribution in [2.45, 2.75) is 25.3 Å². The lowest BCUT2D eigenvalue weighted by Gasteiger charge is -2.35. The van der Waals surface area contributed by atoms with Crippen molar-refractivity contribution in [2.75, 3.05) is 9.21 Å². The Labute approximate surface area is 176 Å². The Hall–Kier alpha value is -3.40. The number of rotatable bonds is 3. The van der Waals surface area contributed by atoms with Crippen molar-refractivity contribution < 1.29 is 26.4 Å². The normalized spacial score (nSPS) is 15.2. The van der Waals surface area contributed by atoms with Crippen LogP contribution in [0, 0.1) is 31.3 Å². The standard InChI is InChI=1S/C21H16F3N3O3S/c1-12-5-6-15(8-13(12)2)27-21(28)26(11-16-17(23)9-14(22)10-18(16)24)20-19(31(27,29)30)4-3-7-25-20/h3-10H,11H2,1-2H3. The number of aryl methyl sites for hydroxylation is 2. The summed E-state index contributed by atoms with van der Waals surface area (Å²) in [6.45, 7) is 2.91. The summed E-state index contributed by atoms with van der Waals surface area (Å²) >= 11 is 0. The maximum Gasteiger partial charge on any atom is 0.344 e. The number of amides is 2. The average Bonchev–Trinajstić information content (AvgIpc) is 2.69. The van der Waals surface area contributed by atoms with Gasteiger partial charge in [0.15, 0.2) is 5.82 Å². The fourth-order valence-electron chi connectivity index (χ4n) is 3.31. The Balaban J connectivity index is 1.90. The molecule has 0 saturated heterocycles. The molecule has 0 atom stereocenters. The number of benzene rings is 2. The number of hydrogen-bond acceptors (Lipinski definition) is 4. The predicted molar refractivity (Wildman–Crippen MR) is 108 cm³/mol. The van der Waals surface area contributed by atoms with Crippen molar-refractivity contribution in [1.82, 2.24) is 4.98 Å². The summed E-state index contributed by atoms with van der Waals surface area (Å²) in [4.78, 5) is 17.8. The molecule has 0 saturated carbocycles. The number of aromatic nitrogens is 1. The van der Waals surface area contributed by atoms with Crippen molar-refractivity contribution in [3.8, 4) is 0 Å². The Morgan fingerprint density at radius 3 is 2.29 bits per heavy atom. The highest BCUT2D eigenvalue weighted by atomic mass is 32.2. The zero-order valence-corrected chi connectivity index (χ0v) is 17.3. The topological polar surface area (TPSA) is 70.6 Å². The smallest absolute Gasteiger partial charge is 0.271 e. The van der Waals surface area contributed by atoms with Gasteiger partial charge in [0.25, 0.3) is 10.0 Å². The number of carbonyl (C=O) groups is 1. The minimum absolute atomic E-state index is 0.0765. The molecule has 1 aliphatic rings. The molecule has 2 amide bonds. The van der Waals surface area contributed by atoms with E-state index in [9.17, 15) is 26.4 Å². The van der Waals surface area contributed by atoms with Crippen LogP contribution in [-0.2, 0) is 16.6 Å². The lowest BCUT2D eigenvalue weighted by Crippen LogP contribution is -2.51. The first-order valence-corrected chi connectivity index (χ1v) is 10.6. The molecule has 6 nitrogen and oxygen atoms in total. The van der Waals surface area contributed by atoms with Gasteiger partial charge in [0.2, 0.25) is 0 Å². The molecule has 1 aromatic heterocycles. The molecule has 160 valence electrons. The molecule has 0 spiro atoms. The number of sulfonamides is 1. The van der Waals surface area contributed by atoms with Crippen LogP contribution < -0.4 is 9.21 Å². The first-order valence-electron chi connectivity index (χ1n) is 9.14. The van der Waals surface area contributed by atoms with Crippen LogP contribution in [0.2, 0.25) is 0 Å². The van der Waals surface area contributed by atoms with Gasteiger partial charge in [0.1, 0.15) is 22.3 Å². The molecule has 0 bridgehead atoms. The zero-order valence-electron chi connectivity index (χ0n) is 16.4. The molecular formula is C21H16F3N3O3S. The molecule has 0 N–H and O–H groups in total. The molecule has 3 aromatic rings. The third kappa shape index (κ3) is 3.42. The number of halogens is 3. The highest BCUT2D eigenvalue weighted by molar-refractivity contribution is 7.94. The van der Waals surface area contributed by atoms with Crippen LogP contribution in [0.1, 0.15) is 16.7 Å². The van der Waals surface area contributed by atoms with Gasteiger partial charge in [-0.3, -0.25) is 4.90 Å². The van der Waals surface area contributed by atoms with Crippen LogP contribution in [0.3, 0.4) is 0 Å². The molecule has 0 fully saturated rings. The van der Waals surface area contributed by atoms with Crippen molar-refractivity contribution >= 4 is 27.6 Å². The molecule has 1 aliphatic heterocycles. The second-order valence-corrected chi connectivity index (χ2v) is 8.83. The van der Waals surface area contributed by atoms with Crippen LogP contribution in [0.15, 0.2) is 53.6 Å². The van der Waals surface area contributed by atoms with Crippen LogP contribution in [0.5, 0.6) is 0 Å². The summed E-state index contributed by atoms with van der Waals surface area (Å²) in [6, 6.07) is 7.21. The summed E-state index contributed by atoms with van der Waals surface area (Å²) in [5.41, 5.74) is 1.12. The van der Waals surface area contributed by atoms with Crippen LogP contribution in [0.4, 0.5) is 29.5 Å². The largest absolute Gasteiger partial charge is 0.344 e. The quantitative estimate of drug-likeness (QED) is 0.595.